The second-order valence-corrected chi connectivity index (χ2v) is 11.2. The van der Waals surface area contributed by atoms with Crippen LogP contribution in [0.1, 0.15) is 60.1 Å². The molecule has 44 heavy (non-hydrogen) atoms. The first-order valence-corrected chi connectivity index (χ1v) is 14.7. The maximum absolute atomic E-state index is 13.5. The molecule has 13 nitrogen and oxygen atoms in total. The van der Waals surface area contributed by atoms with Gasteiger partial charge in [0.25, 0.3) is 5.56 Å². The Balaban J connectivity index is 1.27. The van der Waals surface area contributed by atoms with Crippen LogP contribution in [0, 0.1) is 6.92 Å². The number of rotatable bonds is 12. The van der Waals surface area contributed by atoms with Gasteiger partial charge in [0.2, 0.25) is 11.9 Å². The van der Waals surface area contributed by atoms with Crippen molar-refractivity contribution in [2.24, 2.45) is 0 Å². The van der Waals surface area contributed by atoms with Gasteiger partial charge in [-0.15, -0.1) is 0 Å². The highest BCUT2D eigenvalue weighted by Crippen LogP contribution is 2.32. The van der Waals surface area contributed by atoms with Gasteiger partial charge in [0.05, 0.1) is 17.4 Å². The van der Waals surface area contributed by atoms with Gasteiger partial charge in [0.15, 0.2) is 11.6 Å². The molecule has 0 saturated heterocycles. The van der Waals surface area contributed by atoms with Gasteiger partial charge in [-0.25, -0.2) is 19.9 Å². The minimum Gasteiger partial charge on any atom is -0.389 e. The highest BCUT2D eigenvalue weighted by molar-refractivity contribution is 5.99. The van der Waals surface area contributed by atoms with E-state index in [1.165, 1.54) is 6.92 Å². The summed E-state index contributed by atoms with van der Waals surface area (Å²) in [7, 11) is 3.86. The summed E-state index contributed by atoms with van der Waals surface area (Å²) in [6, 6.07) is 3.79. The lowest BCUT2D eigenvalue weighted by Crippen LogP contribution is -2.31. The fourth-order valence-electron chi connectivity index (χ4n) is 5.56. The third-order valence-electron chi connectivity index (χ3n) is 8.06. The second-order valence-electron chi connectivity index (χ2n) is 11.2. The maximum atomic E-state index is 13.5. The van der Waals surface area contributed by atoms with E-state index in [2.05, 4.69) is 30.2 Å². The summed E-state index contributed by atoms with van der Waals surface area (Å²) < 4.78 is 1.69. The van der Waals surface area contributed by atoms with Gasteiger partial charge < -0.3 is 20.2 Å². The van der Waals surface area contributed by atoms with Crippen LogP contribution in [0.2, 0.25) is 0 Å². The number of hydrogen-bond donors (Lipinski definition) is 2. The molecule has 0 radical (unpaired) electrons. The molecule has 0 aromatic carbocycles. The van der Waals surface area contributed by atoms with E-state index in [0.29, 0.717) is 53.0 Å². The number of aliphatic hydroxyl groups excluding tert-OH is 1. The van der Waals surface area contributed by atoms with Crippen molar-refractivity contribution < 1.29 is 14.7 Å². The van der Waals surface area contributed by atoms with Gasteiger partial charge in [-0.3, -0.25) is 19.0 Å². The number of carbonyl (C=O) groups is 2. The van der Waals surface area contributed by atoms with Crippen LogP contribution in [-0.4, -0.2) is 80.0 Å². The van der Waals surface area contributed by atoms with Gasteiger partial charge in [0.1, 0.15) is 18.1 Å². The molecule has 0 amide bonds. The summed E-state index contributed by atoms with van der Waals surface area (Å²) in [5.41, 5.74) is 2.62. The molecule has 4 aromatic rings. The highest BCUT2D eigenvalue weighted by Gasteiger charge is 2.26. The second kappa shape index (κ2) is 13.2. The Morgan fingerprint density at radius 2 is 1.70 bits per heavy atom. The first-order valence-electron chi connectivity index (χ1n) is 14.7. The van der Waals surface area contributed by atoms with Crippen molar-refractivity contribution in [3.63, 3.8) is 0 Å². The first kappa shape index (κ1) is 30.7. The Kier molecular flexibility index (Phi) is 9.23. The van der Waals surface area contributed by atoms with Crippen LogP contribution in [0.3, 0.4) is 0 Å². The Labute approximate surface area is 255 Å². The predicted octanol–water partition coefficient (Wildman–Crippen LogP) is 3.02. The number of hydrogen-bond acceptors (Lipinski definition) is 12. The molecule has 0 atom stereocenters. The van der Waals surface area contributed by atoms with Crippen molar-refractivity contribution in [1.82, 2.24) is 29.5 Å². The minimum absolute atomic E-state index is 0.00640. The number of aromatic nitrogens is 6. The molecule has 1 aliphatic carbocycles. The summed E-state index contributed by atoms with van der Waals surface area (Å²) in [5, 5.41) is 12.8. The van der Waals surface area contributed by atoms with Crippen LogP contribution in [0.25, 0.3) is 11.0 Å². The number of fused-ring (bicyclic) bond motifs is 1. The molecule has 4 aromatic heterocycles. The molecule has 0 aliphatic heterocycles. The molecule has 1 aliphatic rings. The summed E-state index contributed by atoms with van der Waals surface area (Å²) in [6.07, 6.45) is 10.6. The van der Waals surface area contributed by atoms with Crippen LogP contribution in [0.15, 0.2) is 41.7 Å². The SMILES string of the molecule is CC(=O)c1c(C)c2cnc(Nc3ccc(N(C)CCN(C)c4ncc(CC(=O)CO)cn4)cn3)nc2n(C2CCCC2)c1=O. The smallest absolute Gasteiger partial charge is 0.263 e. The molecule has 5 rings (SSSR count). The van der Waals surface area contributed by atoms with Crippen LogP contribution >= 0.6 is 0 Å². The molecule has 2 N–H and O–H groups in total. The zero-order valence-electron chi connectivity index (χ0n) is 25.4. The van der Waals surface area contributed by atoms with Crippen LogP contribution in [-0.2, 0) is 11.2 Å². The van der Waals surface area contributed by atoms with Crippen LogP contribution < -0.4 is 20.7 Å². The van der Waals surface area contributed by atoms with E-state index in [0.717, 1.165) is 31.4 Å². The maximum Gasteiger partial charge on any atom is 0.263 e. The molecule has 1 fully saturated rings. The molecule has 0 unspecified atom stereocenters. The normalized spacial score (nSPS) is 13.3. The molecule has 13 heteroatoms. The number of pyridine rings is 2. The summed E-state index contributed by atoms with van der Waals surface area (Å²) >= 11 is 0. The highest BCUT2D eigenvalue weighted by atomic mass is 16.3. The average Bonchev–Trinajstić information content (AvgIpc) is 3.54. The molecule has 4 heterocycles. The lowest BCUT2D eigenvalue weighted by molar-refractivity contribution is -0.121. The lowest BCUT2D eigenvalue weighted by atomic mass is 10.0. The van der Waals surface area contributed by atoms with Crippen molar-refractivity contribution >= 4 is 46.0 Å². The van der Waals surface area contributed by atoms with Crippen LogP contribution in [0.4, 0.5) is 23.4 Å². The monoisotopic (exact) mass is 599 g/mol. The topological polar surface area (TPSA) is 159 Å². The van der Waals surface area contributed by atoms with E-state index < -0.39 is 6.61 Å². The molecular formula is C31H37N9O4. The van der Waals surface area contributed by atoms with Crippen molar-refractivity contribution in [3.05, 3.63) is 64.0 Å². The molecule has 0 spiro atoms. The summed E-state index contributed by atoms with van der Waals surface area (Å²) in [4.78, 5) is 63.6. The van der Waals surface area contributed by atoms with E-state index >= 15 is 0 Å². The number of nitrogens with zero attached hydrogens (tertiary/aromatic N) is 8. The van der Waals surface area contributed by atoms with E-state index in [9.17, 15) is 14.4 Å². The number of Topliss-reactive ketones (excluding diaryl/α,β-unsaturated/α-hetero) is 2. The van der Waals surface area contributed by atoms with E-state index in [1.54, 1.807) is 36.3 Å². The van der Waals surface area contributed by atoms with Gasteiger partial charge in [-0.2, -0.15) is 4.98 Å². The Bertz CT molecular complexity index is 1720. The Morgan fingerprint density at radius 3 is 2.34 bits per heavy atom. The largest absolute Gasteiger partial charge is 0.389 e. The number of nitrogens with one attached hydrogen (secondary N) is 1. The van der Waals surface area contributed by atoms with Gasteiger partial charge >= 0.3 is 0 Å². The van der Waals surface area contributed by atoms with Crippen molar-refractivity contribution in [2.75, 3.05) is 48.9 Å². The minimum atomic E-state index is -0.496. The van der Waals surface area contributed by atoms with E-state index in [4.69, 9.17) is 10.1 Å². The average molecular weight is 600 g/mol. The predicted molar refractivity (Wildman–Crippen MR) is 168 cm³/mol. The number of likely N-dealkylation sites (N-methyl/N-ethyl adjacent to an activating group) is 2. The number of ketones is 2. The van der Waals surface area contributed by atoms with Crippen molar-refractivity contribution in [1.29, 1.82) is 0 Å². The zero-order valence-corrected chi connectivity index (χ0v) is 25.4. The molecule has 1 saturated carbocycles. The fourth-order valence-corrected chi connectivity index (χ4v) is 5.56. The third kappa shape index (κ3) is 6.57. The number of aliphatic hydroxyl groups is 1. The number of carbonyl (C=O) groups excluding carboxylic acids is 2. The summed E-state index contributed by atoms with van der Waals surface area (Å²) in [5.74, 6) is 0.887. The molecule has 0 bridgehead atoms. The molecular weight excluding hydrogens is 562 g/mol. The van der Waals surface area contributed by atoms with Crippen LogP contribution in [0.5, 0.6) is 0 Å². The lowest BCUT2D eigenvalue weighted by Gasteiger charge is -2.23. The zero-order chi connectivity index (χ0) is 31.4. The van der Waals surface area contributed by atoms with Gasteiger partial charge in [-0.05, 0) is 49.9 Å². The van der Waals surface area contributed by atoms with Crippen molar-refractivity contribution in [2.45, 2.75) is 52.0 Å². The van der Waals surface area contributed by atoms with Crippen molar-refractivity contribution in [3.8, 4) is 0 Å². The van der Waals surface area contributed by atoms with E-state index in [1.807, 2.05) is 31.1 Å². The number of anilines is 4. The quantitative estimate of drug-likeness (QED) is 0.230. The summed E-state index contributed by atoms with van der Waals surface area (Å²) in [6.45, 7) is 4.02. The number of aryl methyl sites for hydroxylation is 1. The standard InChI is InChI=1S/C31H37N9O4/c1-19-25-17-33-30(37-28(25)40(22-7-5-6-8-22)29(44)27(19)20(2)42)36-26-10-9-23(16-32-26)38(3)11-12-39(4)31-34-14-21(15-35-31)13-24(43)18-41/h9-10,14-17,22,41H,5-8,11-13,18H2,1-4H3,(H,32,33,36,37). The first-order chi connectivity index (χ1) is 21.2. The third-order valence-corrected chi connectivity index (χ3v) is 8.06. The van der Waals surface area contributed by atoms with E-state index in [-0.39, 0.29) is 35.2 Å². The fraction of sp³-hybridized carbons (Fsp3) is 0.419. The Morgan fingerprint density at radius 1 is 1.00 bits per heavy atom. The van der Waals surface area contributed by atoms with Gasteiger partial charge in [-0.1, -0.05) is 12.8 Å². The molecule has 230 valence electrons. The van der Waals surface area contributed by atoms with Gasteiger partial charge in [0, 0.05) is 63.6 Å². The Hall–Kier alpha value is -4.78.